The van der Waals surface area contributed by atoms with Gasteiger partial charge in [0.1, 0.15) is 23.4 Å². The summed E-state index contributed by atoms with van der Waals surface area (Å²) in [6, 6.07) is 7.78. The van der Waals surface area contributed by atoms with Crippen LogP contribution in [0.3, 0.4) is 0 Å². The molecular formula is C21H20FN3O4. The lowest BCUT2D eigenvalue weighted by molar-refractivity contribution is -0.143. The van der Waals surface area contributed by atoms with E-state index in [2.05, 4.69) is 5.16 Å². The topological polar surface area (TPSA) is 75.9 Å². The molecule has 1 spiro atoms. The molecule has 0 saturated carbocycles. The molecule has 1 aromatic heterocycles. The number of aromatic nitrogens is 1. The van der Waals surface area contributed by atoms with Gasteiger partial charge in [-0.15, -0.1) is 0 Å². The molecule has 0 radical (unpaired) electrons. The van der Waals surface area contributed by atoms with Crippen LogP contribution in [0.5, 0.6) is 0 Å². The first kappa shape index (κ1) is 18.1. The fraction of sp³-hybridized carbons (Fsp3) is 0.381. The number of amides is 2. The molecule has 150 valence electrons. The lowest BCUT2D eigenvalue weighted by atomic mass is 9.76. The molecule has 0 aliphatic carbocycles. The van der Waals surface area contributed by atoms with Crippen LogP contribution < -0.4 is 0 Å². The largest absolute Gasteiger partial charge is 0.364 e. The van der Waals surface area contributed by atoms with Crippen molar-refractivity contribution < 1.29 is 23.2 Å². The average Bonchev–Trinajstić information content (AvgIpc) is 3.46. The Balaban J connectivity index is 1.36. The number of rotatable bonds is 5. The molecule has 29 heavy (non-hydrogen) atoms. The van der Waals surface area contributed by atoms with Gasteiger partial charge in [0.15, 0.2) is 0 Å². The molecule has 1 aromatic carbocycles. The molecule has 2 amide bonds. The normalized spacial score (nSPS) is 29.5. The van der Waals surface area contributed by atoms with E-state index in [4.69, 9.17) is 9.26 Å². The number of halogens is 1. The molecule has 2 fully saturated rings. The van der Waals surface area contributed by atoms with E-state index in [0.717, 1.165) is 5.56 Å². The van der Waals surface area contributed by atoms with Crippen molar-refractivity contribution in [2.45, 2.75) is 24.8 Å². The van der Waals surface area contributed by atoms with Gasteiger partial charge in [-0.05, 0) is 17.7 Å². The Hall–Kier alpha value is -3.00. The van der Waals surface area contributed by atoms with Gasteiger partial charge in [0.25, 0.3) is 0 Å². The maximum atomic E-state index is 13.2. The first-order valence-corrected chi connectivity index (χ1v) is 9.51. The second-order valence-electron chi connectivity index (χ2n) is 7.91. The zero-order valence-corrected chi connectivity index (χ0v) is 15.8. The fourth-order valence-corrected chi connectivity index (χ4v) is 4.70. The Kier molecular flexibility index (Phi) is 4.06. The van der Waals surface area contributed by atoms with Crippen LogP contribution in [0.1, 0.15) is 11.3 Å². The van der Waals surface area contributed by atoms with Gasteiger partial charge in [-0.2, -0.15) is 0 Å². The number of likely N-dealkylation sites (tertiary alicyclic amines) is 1. The zero-order chi connectivity index (χ0) is 20.2. The van der Waals surface area contributed by atoms with Crippen LogP contribution in [-0.4, -0.2) is 52.1 Å². The molecular weight excluding hydrogens is 377 g/mol. The number of fused-ring (bicyclic) bond motifs is 1. The maximum absolute atomic E-state index is 13.2. The summed E-state index contributed by atoms with van der Waals surface area (Å²) < 4.78 is 24.1. The van der Waals surface area contributed by atoms with Crippen LogP contribution in [0, 0.1) is 17.7 Å². The quantitative estimate of drug-likeness (QED) is 0.719. The van der Waals surface area contributed by atoms with Crippen LogP contribution in [-0.2, 0) is 27.4 Å². The second-order valence-corrected chi connectivity index (χ2v) is 7.91. The van der Waals surface area contributed by atoms with Gasteiger partial charge in [0.05, 0.1) is 31.0 Å². The predicted octanol–water partition coefficient (Wildman–Crippen LogP) is 1.75. The summed E-state index contributed by atoms with van der Waals surface area (Å²) in [5.41, 5.74) is 0.711. The van der Waals surface area contributed by atoms with Crippen molar-refractivity contribution >= 4 is 11.8 Å². The van der Waals surface area contributed by atoms with E-state index >= 15 is 0 Å². The highest BCUT2D eigenvalue weighted by Crippen LogP contribution is 2.52. The van der Waals surface area contributed by atoms with Gasteiger partial charge in [0.2, 0.25) is 11.8 Å². The molecule has 4 atom stereocenters. The van der Waals surface area contributed by atoms with Gasteiger partial charge in [-0.25, -0.2) is 4.39 Å². The Morgan fingerprint density at radius 2 is 2.14 bits per heavy atom. The van der Waals surface area contributed by atoms with E-state index in [9.17, 15) is 14.0 Å². The van der Waals surface area contributed by atoms with Crippen LogP contribution in [0.4, 0.5) is 4.39 Å². The third-order valence-electron chi connectivity index (χ3n) is 6.02. The summed E-state index contributed by atoms with van der Waals surface area (Å²) in [6.07, 6.45) is 4.87. The van der Waals surface area contributed by atoms with E-state index in [1.165, 1.54) is 18.4 Å². The van der Waals surface area contributed by atoms with Crippen molar-refractivity contribution in [1.29, 1.82) is 0 Å². The number of nitrogens with zero attached hydrogens (tertiary/aromatic N) is 3. The summed E-state index contributed by atoms with van der Waals surface area (Å²) >= 11 is 0. The fourth-order valence-electron chi connectivity index (χ4n) is 4.70. The summed E-state index contributed by atoms with van der Waals surface area (Å²) in [5.74, 6) is -1.68. The summed E-state index contributed by atoms with van der Waals surface area (Å²) in [4.78, 5) is 29.7. The first-order chi connectivity index (χ1) is 14.0. The van der Waals surface area contributed by atoms with E-state index in [1.54, 1.807) is 35.0 Å². The molecule has 7 nitrogen and oxygen atoms in total. The lowest BCUT2D eigenvalue weighted by Gasteiger charge is -2.27. The van der Waals surface area contributed by atoms with Gasteiger partial charge in [-0.3, -0.25) is 9.59 Å². The van der Waals surface area contributed by atoms with Crippen LogP contribution in [0.15, 0.2) is 53.3 Å². The zero-order valence-electron chi connectivity index (χ0n) is 15.8. The molecule has 3 aliphatic rings. The minimum atomic E-state index is -0.767. The van der Waals surface area contributed by atoms with Gasteiger partial charge in [-0.1, -0.05) is 29.4 Å². The number of benzene rings is 1. The van der Waals surface area contributed by atoms with Crippen molar-refractivity contribution in [3.8, 4) is 0 Å². The van der Waals surface area contributed by atoms with E-state index in [1.807, 2.05) is 12.2 Å². The highest BCUT2D eigenvalue weighted by molar-refractivity contribution is 5.93. The Bertz CT molecular complexity index is 974. The van der Waals surface area contributed by atoms with Crippen LogP contribution in [0.2, 0.25) is 0 Å². The van der Waals surface area contributed by atoms with E-state index < -0.39 is 23.5 Å². The summed E-state index contributed by atoms with van der Waals surface area (Å²) in [7, 11) is 1.69. The van der Waals surface area contributed by atoms with Crippen molar-refractivity contribution in [3.63, 3.8) is 0 Å². The first-order valence-electron chi connectivity index (χ1n) is 9.51. The van der Waals surface area contributed by atoms with Gasteiger partial charge in [0, 0.05) is 19.7 Å². The highest BCUT2D eigenvalue weighted by atomic mass is 19.1. The lowest BCUT2D eigenvalue weighted by Crippen LogP contribution is -2.44. The summed E-state index contributed by atoms with van der Waals surface area (Å²) in [5, 5.41) is 3.84. The molecule has 2 aromatic rings. The average molecular weight is 397 g/mol. The maximum Gasteiger partial charge on any atom is 0.230 e. The molecule has 3 aliphatic heterocycles. The second kappa shape index (κ2) is 6.52. The number of hydrogen-bond acceptors (Lipinski definition) is 5. The third kappa shape index (κ3) is 2.86. The molecule has 0 N–H and O–H groups in total. The standard InChI is InChI=1S/C21H20FN3O4/c1-24(11-15-7-9-28-23-15)19(26)17-16-6-8-21(29-16)12-25(20(27)18(17)21)10-13-2-4-14(22)5-3-13/h2-9,16-18H,10-12H2,1H3/t16-,17+,18-,21-/m0/s1. The molecule has 2 bridgehead atoms. The van der Waals surface area contributed by atoms with Crippen LogP contribution in [0.25, 0.3) is 0 Å². The minimum Gasteiger partial charge on any atom is -0.364 e. The van der Waals surface area contributed by atoms with Crippen molar-refractivity contribution in [3.05, 3.63) is 65.8 Å². The van der Waals surface area contributed by atoms with E-state index in [-0.39, 0.29) is 17.6 Å². The van der Waals surface area contributed by atoms with Crippen molar-refractivity contribution in [2.24, 2.45) is 11.8 Å². The molecule has 4 heterocycles. The van der Waals surface area contributed by atoms with Gasteiger partial charge >= 0.3 is 0 Å². The Morgan fingerprint density at radius 3 is 2.86 bits per heavy atom. The third-order valence-corrected chi connectivity index (χ3v) is 6.02. The number of ether oxygens (including phenoxy) is 1. The van der Waals surface area contributed by atoms with Gasteiger partial charge < -0.3 is 19.1 Å². The monoisotopic (exact) mass is 397 g/mol. The van der Waals surface area contributed by atoms with Crippen molar-refractivity contribution in [1.82, 2.24) is 15.0 Å². The molecule has 5 rings (SSSR count). The molecule has 0 unspecified atom stereocenters. The Morgan fingerprint density at radius 1 is 1.34 bits per heavy atom. The van der Waals surface area contributed by atoms with E-state index in [0.29, 0.717) is 25.3 Å². The predicted molar refractivity (Wildman–Crippen MR) is 98.5 cm³/mol. The SMILES string of the molecule is CN(Cc1ccon1)C(=O)[C@@H]1[C@@H]2C=C[C@@]3(CN(Cc4ccc(F)cc4)C(=O)[C@H]13)O2. The number of hydrogen-bond donors (Lipinski definition) is 0. The summed E-state index contributed by atoms with van der Waals surface area (Å²) in [6.45, 7) is 1.04. The van der Waals surface area contributed by atoms with Crippen molar-refractivity contribution in [2.75, 3.05) is 13.6 Å². The number of carbonyl (C=O) groups excluding carboxylic acids is 2. The van der Waals surface area contributed by atoms with Crippen LogP contribution >= 0.6 is 0 Å². The smallest absolute Gasteiger partial charge is 0.230 e. The minimum absolute atomic E-state index is 0.102. The molecule has 2 saturated heterocycles. The number of carbonyl (C=O) groups is 2. The Labute approximate surface area is 166 Å². The highest BCUT2D eigenvalue weighted by Gasteiger charge is 2.67. The molecule has 8 heteroatoms.